The monoisotopic (exact) mass is 186 g/mol. The summed E-state index contributed by atoms with van der Waals surface area (Å²) in [5.41, 5.74) is -0.429. The highest BCUT2D eigenvalue weighted by molar-refractivity contribution is 5.85. The van der Waals surface area contributed by atoms with Crippen LogP contribution < -0.4 is 0 Å². The number of hydrogen-bond acceptors (Lipinski definition) is 3. The van der Waals surface area contributed by atoms with E-state index in [0.29, 0.717) is 6.42 Å². The first-order valence-corrected chi connectivity index (χ1v) is 4.74. The Morgan fingerprint density at radius 2 is 1.92 bits per heavy atom. The molecule has 1 rings (SSSR count). The van der Waals surface area contributed by atoms with Gasteiger partial charge in [-0.05, 0) is 19.8 Å². The van der Waals surface area contributed by atoms with Crippen LogP contribution in [0.3, 0.4) is 0 Å². The second-order valence-corrected chi connectivity index (χ2v) is 3.85. The van der Waals surface area contributed by atoms with Gasteiger partial charge in [-0.15, -0.1) is 0 Å². The number of hydrogen-bond donors (Lipinski definition) is 0. The number of carbonyl (C=O) groups is 1. The molecule has 13 heavy (non-hydrogen) atoms. The van der Waals surface area contributed by atoms with E-state index in [1.54, 1.807) is 14.2 Å². The van der Waals surface area contributed by atoms with Crippen molar-refractivity contribution in [2.24, 2.45) is 5.41 Å². The fourth-order valence-corrected chi connectivity index (χ4v) is 2.07. The Kier molecular flexibility index (Phi) is 3.45. The van der Waals surface area contributed by atoms with Gasteiger partial charge in [0, 0.05) is 20.6 Å². The number of carbonyl (C=O) groups excluding carboxylic acids is 1. The van der Waals surface area contributed by atoms with Gasteiger partial charge in [0.1, 0.15) is 5.78 Å². The van der Waals surface area contributed by atoms with Gasteiger partial charge in [-0.2, -0.15) is 0 Å². The molecule has 1 fully saturated rings. The smallest absolute Gasteiger partial charge is 0.168 e. The number of ketones is 1. The zero-order valence-corrected chi connectivity index (χ0v) is 8.63. The van der Waals surface area contributed by atoms with Crippen LogP contribution in [0.1, 0.15) is 32.6 Å². The van der Waals surface area contributed by atoms with Gasteiger partial charge < -0.3 is 9.47 Å². The number of rotatable bonds is 3. The molecule has 1 aliphatic carbocycles. The van der Waals surface area contributed by atoms with Crippen molar-refractivity contribution < 1.29 is 14.3 Å². The highest BCUT2D eigenvalue weighted by Gasteiger charge is 2.42. The van der Waals surface area contributed by atoms with E-state index in [9.17, 15) is 4.79 Å². The molecule has 0 spiro atoms. The largest absolute Gasteiger partial charge is 0.355 e. The van der Waals surface area contributed by atoms with Gasteiger partial charge in [-0.3, -0.25) is 4.79 Å². The number of ether oxygens (including phenoxy) is 2. The second-order valence-electron chi connectivity index (χ2n) is 3.85. The zero-order chi connectivity index (χ0) is 9.90. The molecule has 0 aromatic heterocycles. The molecular weight excluding hydrogens is 168 g/mol. The summed E-state index contributed by atoms with van der Waals surface area (Å²) < 4.78 is 10.3. The lowest BCUT2D eigenvalue weighted by Crippen LogP contribution is -2.44. The van der Waals surface area contributed by atoms with Crippen LogP contribution in [0, 0.1) is 5.41 Å². The van der Waals surface area contributed by atoms with Crippen LogP contribution in [0.4, 0.5) is 0 Å². The average Bonchev–Trinajstić information content (AvgIpc) is 2.12. The van der Waals surface area contributed by atoms with E-state index in [-0.39, 0.29) is 12.1 Å². The van der Waals surface area contributed by atoms with Gasteiger partial charge >= 0.3 is 0 Å². The molecule has 3 nitrogen and oxygen atoms in total. The second kappa shape index (κ2) is 4.20. The first kappa shape index (κ1) is 10.7. The van der Waals surface area contributed by atoms with Crippen molar-refractivity contribution >= 4 is 5.78 Å². The van der Waals surface area contributed by atoms with Crippen LogP contribution in [0.2, 0.25) is 0 Å². The molecule has 0 heterocycles. The lowest BCUT2D eigenvalue weighted by atomic mass is 9.74. The minimum Gasteiger partial charge on any atom is -0.355 e. The summed E-state index contributed by atoms with van der Waals surface area (Å²) in [5.74, 6) is 0.271. The van der Waals surface area contributed by atoms with Gasteiger partial charge in [-0.25, -0.2) is 0 Å². The Balaban J connectivity index is 2.75. The molecule has 76 valence electrons. The quantitative estimate of drug-likeness (QED) is 0.630. The fraction of sp³-hybridized carbons (Fsp3) is 0.900. The van der Waals surface area contributed by atoms with Gasteiger partial charge in [0.15, 0.2) is 6.29 Å². The molecule has 1 saturated carbocycles. The van der Waals surface area contributed by atoms with Gasteiger partial charge in [0.05, 0.1) is 5.41 Å². The molecule has 0 amide bonds. The Bertz CT molecular complexity index is 187. The maximum atomic E-state index is 11.7. The molecule has 0 aliphatic heterocycles. The molecule has 0 aromatic carbocycles. The molecule has 1 aliphatic rings. The number of Topliss-reactive ketones (excluding diaryl/α,β-unsaturated/α-hetero) is 1. The molecule has 0 bridgehead atoms. The van der Waals surface area contributed by atoms with Crippen molar-refractivity contribution in [2.75, 3.05) is 14.2 Å². The lowest BCUT2D eigenvalue weighted by Gasteiger charge is -2.36. The van der Waals surface area contributed by atoms with Gasteiger partial charge in [-0.1, -0.05) is 6.42 Å². The van der Waals surface area contributed by atoms with E-state index in [0.717, 1.165) is 19.3 Å². The van der Waals surface area contributed by atoms with Crippen LogP contribution in [0.5, 0.6) is 0 Å². The minimum atomic E-state index is -0.429. The molecule has 0 saturated heterocycles. The molecular formula is C10H18O3. The Labute approximate surface area is 79.4 Å². The minimum absolute atomic E-state index is 0.271. The first-order valence-electron chi connectivity index (χ1n) is 4.74. The Morgan fingerprint density at radius 3 is 2.38 bits per heavy atom. The van der Waals surface area contributed by atoms with Crippen LogP contribution in [0.25, 0.3) is 0 Å². The Hall–Kier alpha value is -0.410. The van der Waals surface area contributed by atoms with Crippen LogP contribution in [-0.4, -0.2) is 26.3 Å². The highest BCUT2D eigenvalue weighted by atomic mass is 16.7. The van der Waals surface area contributed by atoms with Crippen molar-refractivity contribution in [3.05, 3.63) is 0 Å². The molecule has 3 heteroatoms. The zero-order valence-electron chi connectivity index (χ0n) is 8.63. The third-order valence-corrected chi connectivity index (χ3v) is 2.94. The third kappa shape index (κ3) is 1.92. The molecule has 1 atom stereocenters. The fourth-order valence-electron chi connectivity index (χ4n) is 2.07. The first-order chi connectivity index (χ1) is 6.15. The van der Waals surface area contributed by atoms with Crippen molar-refractivity contribution in [3.63, 3.8) is 0 Å². The highest BCUT2D eigenvalue weighted by Crippen LogP contribution is 2.37. The molecule has 0 aromatic rings. The van der Waals surface area contributed by atoms with Crippen LogP contribution in [0.15, 0.2) is 0 Å². The maximum absolute atomic E-state index is 11.7. The van der Waals surface area contributed by atoms with E-state index < -0.39 is 5.41 Å². The van der Waals surface area contributed by atoms with E-state index in [2.05, 4.69) is 0 Å². The van der Waals surface area contributed by atoms with Crippen molar-refractivity contribution in [1.82, 2.24) is 0 Å². The summed E-state index contributed by atoms with van der Waals surface area (Å²) in [5, 5.41) is 0. The lowest BCUT2D eigenvalue weighted by molar-refractivity contribution is -0.186. The average molecular weight is 186 g/mol. The third-order valence-electron chi connectivity index (χ3n) is 2.94. The SMILES string of the molecule is COC(OC)C1(C)CCCCC1=O. The summed E-state index contributed by atoms with van der Waals surface area (Å²) in [4.78, 5) is 11.7. The van der Waals surface area contributed by atoms with E-state index in [1.807, 2.05) is 6.92 Å². The van der Waals surface area contributed by atoms with Crippen LogP contribution >= 0.6 is 0 Å². The predicted molar refractivity (Wildman–Crippen MR) is 49.4 cm³/mol. The van der Waals surface area contributed by atoms with Crippen molar-refractivity contribution in [3.8, 4) is 0 Å². The summed E-state index contributed by atoms with van der Waals surface area (Å²) in [6.07, 6.45) is 3.25. The molecule has 0 radical (unpaired) electrons. The predicted octanol–water partition coefficient (Wildman–Crippen LogP) is 1.75. The molecule has 1 unspecified atom stereocenters. The normalized spacial score (nSPS) is 29.7. The van der Waals surface area contributed by atoms with Crippen molar-refractivity contribution in [1.29, 1.82) is 0 Å². The van der Waals surface area contributed by atoms with E-state index in [1.165, 1.54) is 0 Å². The topological polar surface area (TPSA) is 35.5 Å². The Morgan fingerprint density at radius 1 is 1.31 bits per heavy atom. The van der Waals surface area contributed by atoms with E-state index >= 15 is 0 Å². The van der Waals surface area contributed by atoms with Gasteiger partial charge in [0.2, 0.25) is 0 Å². The van der Waals surface area contributed by atoms with Crippen LogP contribution in [-0.2, 0) is 14.3 Å². The standard InChI is InChI=1S/C10H18O3/c1-10(9(12-2)13-3)7-5-4-6-8(10)11/h9H,4-7H2,1-3H3. The maximum Gasteiger partial charge on any atom is 0.168 e. The summed E-state index contributed by atoms with van der Waals surface area (Å²) >= 11 is 0. The number of methoxy groups -OCH3 is 2. The van der Waals surface area contributed by atoms with Gasteiger partial charge in [0.25, 0.3) is 0 Å². The van der Waals surface area contributed by atoms with E-state index in [4.69, 9.17) is 9.47 Å². The summed E-state index contributed by atoms with van der Waals surface area (Å²) in [6, 6.07) is 0. The summed E-state index contributed by atoms with van der Waals surface area (Å²) in [6.45, 7) is 1.94. The van der Waals surface area contributed by atoms with Crippen molar-refractivity contribution in [2.45, 2.75) is 38.9 Å². The summed E-state index contributed by atoms with van der Waals surface area (Å²) in [7, 11) is 3.17. The molecule has 0 N–H and O–H groups in total.